The summed E-state index contributed by atoms with van der Waals surface area (Å²) in [5, 5.41) is 6.05. The molecule has 1 aliphatic rings. The van der Waals surface area contributed by atoms with E-state index >= 15 is 0 Å². The molecule has 1 amide bonds. The quantitative estimate of drug-likeness (QED) is 0.760. The second-order valence-electron chi connectivity index (χ2n) is 6.68. The average molecular weight is 365 g/mol. The van der Waals surface area contributed by atoms with Crippen molar-refractivity contribution in [3.05, 3.63) is 29.8 Å². The molecule has 1 heterocycles. The predicted octanol–water partition coefficient (Wildman–Crippen LogP) is 2.86. The van der Waals surface area contributed by atoms with Gasteiger partial charge in [0, 0.05) is 51.0 Å². The van der Waals surface area contributed by atoms with E-state index in [1.165, 1.54) is 24.8 Å². The molecule has 1 unspecified atom stereocenters. The number of hydrogen-bond acceptors (Lipinski definition) is 5. The lowest BCUT2D eigenvalue weighted by atomic mass is 10.1. The first-order chi connectivity index (χ1) is 12.5. The van der Waals surface area contributed by atoms with Crippen LogP contribution in [0.25, 0.3) is 0 Å². The van der Waals surface area contributed by atoms with Crippen molar-refractivity contribution >= 4 is 11.8 Å². The standard InChI is InChI=1S/C17H28N4O2.C3H8/c1-14(18-8-9-19-17(22)23-3)15-4-6-16(7-5-15)21-12-10-20(2)11-13-21;1-3-2/h4-7,14,18H,8-13H2,1-3H3,(H,19,22);3H2,1-2H3. The van der Waals surface area contributed by atoms with E-state index in [2.05, 4.69) is 77.3 Å². The average Bonchev–Trinajstić information content (AvgIpc) is 2.66. The van der Waals surface area contributed by atoms with Gasteiger partial charge in [0.25, 0.3) is 0 Å². The third kappa shape index (κ3) is 8.06. The minimum Gasteiger partial charge on any atom is -0.453 e. The van der Waals surface area contributed by atoms with Gasteiger partial charge in [-0.1, -0.05) is 32.4 Å². The summed E-state index contributed by atoms with van der Waals surface area (Å²) in [4.78, 5) is 15.8. The van der Waals surface area contributed by atoms with Crippen LogP contribution in [-0.4, -0.2) is 64.4 Å². The molecule has 1 saturated heterocycles. The molecule has 0 aromatic heterocycles. The van der Waals surface area contributed by atoms with E-state index in [-0.39, 0.29) is 6.04 Å². The van der Waals surface area contributed by atoms with Crippen LogP contribution in [0.4, 0.5) is 10.5 Å². The van der Waals surface area contributed by atoms with Gasteiger partial charge in [0.1, 0.15) is 0 Å². The number of alkyl carbamates (subject to hydrolysis) is 1. The van der Waals surface area contributed by atoms with Crippen LogP contribution in [0.15, 0.2) is 24.3 Å². The molecular weight excluding hydrogens is 328 g/mol. The minimum absolute atomic E-state index is 0.246. The molecule has 1 atom stereocenters. The number of carbonyl (C=O) groups excluding carboxylic acids is 1. The highest BCUT2D eigenvalue weighted by Gasteiger charge is 2.14. The molecule has 1 aromatic rings. The molecule has 26 heavy (non-hydrogen) atoms. The first kappa shape index (κ1) is 22.3. The number of methoxy groups -OCH3 is 1. The number of likely N-dealkylation sites (N-methyl/N-ethyl adjacent to an activating group) is 1. The first-order valence-corrected chi connectivity index (χ1v) is 9.60. The lowest BCUT2D eigenvalue weighted by molar-refractivity contribution is 0.171. The predicted molar refractivity (Wildman–Crippen MR) is 109 cm³/mol. The van der Waals surface area contributed by atoms with Crippen molar-refractivity contribution < 1.29 is 9.53 Å². The Balaban J connectivity index is 0.00000105. The van der Waals surface area contributed by atoms with Gasteiger partial charge in [0.05, 0.1) is 7.11 Å². The minimum atomic E-state index is -0.393. The van der Waals surface area contributed by atoms with Gasteiger partial charge in [-0.05, 0) is 31.7 Å². The Morgan fingerprint density at radius 1 is 1.12 bits per heavy atom. The van der Waals surface area contributed by atoms with E-state index in [1.54, 1.807) is 0 Å². The Labute approximate surface area is 158 Å². The topological polar surface area (TPSA) is 56.8 Å². The van der Waals surface area contributed by atoms with Crippen LogP contribution < -0.4 is 15.5 Å². The molecule has 148 valence electrons. The fourth-order valence-electron chi connectivity index (χ4n) is 2.68. The number of nitrogens with one attached hydrogen (secondary N) is 2. The summed E-state index contributed by atoms with van der Waals surface area (Å²) in [5.41, 5.74) is 2.54. The van der Waals surface area contributed by atoms with Gasteiger partial charge in [0.15, 0.2) is 0 Å². The Morgan fingerprint density at radius 2 is 1.69 bits per heavy atom. The number of rotatable bonds is 6. The summed E-state index contributed by atoms with van der Waals surface area (Å²) in [6.45, 7) is 12.0. The number of ether oxygens (including phenoxy) is 1. The second-order valence-corrected chi connectivity index (χ2v) is 6.68. The van der Waals surface area contributed by atoms with Gasteiger partial charge in [-0.15, -0.1) is 0 Å². The van der Waals surface area contributed by atoms with Crippen molar-refractivity contribution in [1.82, 2.24) is 15.5 Å². The number of anilines is 1. The molecule has 2 N–H and O–H groups in total. The Morgan fingerprint density at radius 3 is 2.23 bits per heavy atom. The number of nitrogens with zero attached hydrogens (tertiary/aromatic N) is 2. The molecule has 0 spiro atoms. The van der Waals surface area contributed by atoms with Crippen LogP contribution in [0.3, 0.4) is 0 Å². The van der Waals surface area contributed by atoms with Crippen molar-refractivity contribution in [3.63, 3.8) is 0 Å². The fourth-order valence-corrected chi connectivity index (χ4v) is 2.68. The van der Waals surface area contributed by atoms with E-state index in [0.29, 0.717) is 13.1 Å². The summed E-state index contributed by atoms with van der Waals surface area (Å²) in [6.07, 6.45) is 0.857. The second kappa shape index (κ2) is 12.5. The largest absolute Gasteiger partial charge is 0.453 e. The summed E-state index contributed by atoms with van der Waals surface area (Å²) >= 11 is 0. The van der Waals surface area contributed by atoms with Crippen molar-refractivity contribution in [3.8, 4) is 0 Å². The van der Waals surface area contributed by atoms with Gasteiger partial charge < -0.3 is 25.2 Å². The Kier molecular flexibility index (Phi) is 10.7. The van der Waals surface area contributed by atoms with Crippen molar-refractivity contribution in [1.29, 1.82) is 0 Å². The summed E-state index contributed by atoms with van der Waals surface area (Å²) in [7, 11) is 3.54. The zero-order valence-corrected chi connectivity index (χ0v) is 17.0. The molecule has 6 nitrogen and oxygen atoms in total. The molecule has 2 rings (SSSR count). The van der Waals surface area contributed by atoms with E-state index in [9.17, 15) is 4.79 Å². The molecule has 1 aromatic carbocycles. The molecule has 0 bridgehead atoms. The Hall–Kier alpha value is -1.79. The normalized spacial score (nSPS) is 15.7. The lowest BCUT2D eigenvalue weighted by Gasteiger charge is -2.34. The molecule has 0 aliphatic carbocycles. The monoisotopic (exact) mass is 364 g/mol. The van der Waals surface area contributed by atoms with Crippen LogP contribution in [0.5, 0.6) is 0 Å². The molecule has 1 aliphatic heterocycles. The van der Waals surface area contributed by atoms with Gasteiger partial charge in [0.2, 0.25) is 0 Å². The highest BCUT2D eigenvalue weighted by atomic mass is 16.5. The van der Waals surface area contributed by atoms with Crippen molar-refractivity contribution in [2.75, 3.05) is 58.3 Å². The van der Waals surface area contributed by atoms with Crippen LogP contribution in [0.1, 0.15) is 38.8 Å². The first-order valence-electron chi connectivity index (χ1n) is 9.60. The highest BCUT2D eigenvalue weighted by molar-refractivity contribution is 5.66. The maximum absolute atomic E-state index is 11.0. The zero-order valence-electron chi connectivity index (χ0n) is 17.0. The van der Waals surface area contributed by atoms with Crippen LogP contribution in [-0.2, 0) is 4.74 Å². The number of piperazine rings is 1. The lowest BCUT2D eigenvalue weighted by Crippen LogP contribution is -2.44. The summed E-state index contributed by atoms with van der Waals surface area (Å²) in [6, 6.07) is 9.01. The van der Waals surface area contributed by atoms with Crippen LogP contribution in [0.2, 0.25) is 0 Å². The van der Waals surface area contributed by atoms with Gasteiger partial charge in [-0.25, -0.2) is 4.79 Å². The van der Waals surface area contributed by atoms with E-state index in [0.717, 1.165) is 26.2 Å². The maximum atomic E-state index is 11.0. The zero-order chi connectivity index (χ0) is 19.4. The van der Waals surface area contributed by atoms with Crippen molar-refractivity contribution in [2.24, 2.45) is 0 Å². The van der Waals surface area contributed by atoms with Gasteiger partial charge in [-0.3, -0.25) is 0 Å². The molecule has 0 radical (unpaired) electrons. The number of benzene rings is 1. The SMILES string of the molecule is CCC.COC(=O)NCCNC(C)c1ccc(N2CCN(C)CC2)cc1. The number of amides is 1. The maximum Gasteiger partial charge on any atom is 0.406 e. The van der Waals surface area contributed by atoms with Crippen LogP contribution in [0, 0.1) is 0 Å². The molecular formula is C20H36N4O2. The number of hydrogen-bond donors (Lipinski definition) is 2. The smallest absolute Gasteiger partial charge is 0.406 e. The summed E-state index contributed by atoms with van der Waals surface area (Å²) in [5.74, 6) is 0. The third-order valence-corrected chi connectivity index (χ3v) is 4.29. The van der Waals surface area contributed by atoms with E-state index < -0.39 is 6.09 Å². The molecule has 6 heteroatoms. The molecule has 1 fully saturated rings. The third-order valence-electron chi connectivity index (χ3n) is 4.29. The Bertz CT molecular complexity index is 499. The summed E-state index contributed by atoms with van der Waals surface area (Å²) < 4.78 is 4.53. The van der Waals surface area contributed by atoms with Crippen molar-refractivity contribution in [2.45, 2.75) is 33.2 Å². The van der Waals surface area contributed by atoms with E-state index in [1.807, 2.05) is 0 Å². The fraction of sp³-hybridized carbons (Fsp3) is 0.650. The molecule has 0 saturated carbocycles. The van der Waals surface area contributed by atoms with Gasteiger partial charge >= 0.3 is 6.09 Å². The van der Waals surface area contributed by atoms with E-state index in [4.69, 9.17) is 0 Å². The van der Waals surface area contributed by atoms with Gasteiger partial charge in [-0.2, -0.15) is 0 Å². The highest BCUT2D eigenvalue weighted by Crippen LogP contribution is 2.20. The number of carbonyl (C=O) groups is 1. The van der Waals surface area contributed by atoms with Crippen LogP contribution >= 0.6 is 0 Å².